The van der Waals surface area contributed by atoms with Crippen molar-refractivity contribution in [2.75, 3.05) is 6.54 Å². The highest BCUT2D eigenvalue weighted by molar-refractivity contribution is 6.30. The van der Waals surface area contributed by atoms with Crippen LogP contribution in [0.4, 0.5) is 0 Å². The molecule has 2 rings (SSSR count). The third-order valence-corrected chi connectivity index (χ3v) is 3.66. The second kappa shape index (κ2) is 7.43. The van der Waals surface area contributed by atoms with Gasteiger partial charge in [0.25, 0.3) is 0 Å². The third-order valence-electron chi connectivity index (χ3n) is 3.18. The molecule has 0 unspecified atom stereocenters. The van der Waals surface area contributed by atoms with E-state index in [9.17, 15) is 0 Å². The normalized spacial score (nSPS) is 10.9. The Hall–Kier alpha value is -1.59. The second-order valence-electron chi connectivity index (χ2n) is 4.93. The van der Waals surface area contributed by atoms with Crippen molar-refractivity contribution in [3.05, 3.63) is 40.4 Å². The smallest absolute Gasteiger partial charge is 0.138 e. The number of ether oxygens (including phenoxy) is 1. The van der Waals surface area contributed by atoms with Gasteiger partial charge in [-0.05, 0) is 32.0 Å². The summed E-state index contributed by atoms with van der Waals surface area (Å²) in [6, 6.07) is 3.89. The molecular formula is C15H21ClN4O. The molecule has 6 heteroatoms. The maximum Gasteiger partial charge on any atom is 0.138 e. The Kier molecular flexibility index (Phi) is 5.59. The Morgan fingerprint density at radius 3 is 2.76 bits per heavy atom. The maximum absolute atomic E-state index is 6.17. The van der Waals surface area contributed by atoms with Crippen molar-refractivity contribution in [2.45, 2.75) is 33.4 Å². The lowest BCUT2D eigenvalue weighted by molar-refractivity contribution is 0.304. The first kappa shape index (κ1) is 15.8. The largest absolute Gasteiger partial charge is 0.487 e. The summed E-state index contributed by atoms with van der Waals surface area (Å²) < 4.78 is 7.38. The number of hydrogen-bond acceptors (Lipinski definition) is 4. The standard InChI is InChI=1S/C15H21ClN4O/c1-4-7-17-8-12-5-6-13(9-18-12)21-10-14-11(2)19-20(3)15(14)16/h5-6,9,17H,4,7-8,10H2,1-3H3. The molecule has 0 bridgehead atoms. The number of pyridine rings is 1. The number of nitrogens with zero attached hydrogens (tertiary/aromatic N) is 3. The van der Waals surface area contributed by atoms with E-state index in [4.69, 9.17) is 16.3 Å². The molecule has 2 heterocycles. The van der Waals surface area contributed by atoms with Crippen LogP contribution in [0.3, 0.4) is 0 Å². The molecule has 0 saturated heterocycles. The van der Waals surface area contributed by atoms with Gasteiger partial charge < -0.3 is 10.1 Å². The zero-order valence-electron chi connectivity index (χ0n) is 12.7. The van der Waals surface area contributed by atoms with Gasteiger partial charge in [0, 0.05) is 19.2 Å². The second-order valence-corrected chi connectivity index (χ2v) is 5.29. The molecular weight excluding hydrogens is 288 g/mol. The van der Waals surface area contributed by atoms with Crippen molar-refractivity contribution in [1.29, 1.82) is 0 Å². The molecule has 0 aliphatic heterocycles. The average molecular weight is 309 g/mol. The van der Waals surface area contributed by atoms with Crippen LogP contribution in [0.15, 0.2) is 18.3 Å². The Morgan fingerprint density at radius 1 is 1.38 bits per heavy atom. The van der Waals surface area contributed by atoms with Gasteiger partial charge in [0.05, 0.1) is 17.6 Å². The van der Waals surface area contributed by atoms with Gasteiger partial charge in [0.15, 0.2) is 0 Å². The van der Waals surface area contributed by atoms with E-state index in [1.807, 2.05) is 26.1 Å². The van der Waals surface area contributed by atoms with Crippen molar-refractivity contribution in [3.63, 3.8) is 0 Å². The highest BCUT2D eigenvalue weighted by Crippen LogP contribution is 2.21. The summed E-state index contributed by atoms with van der Waals surface area (Å²) in [5.74, 6) is 0.730. The van der Waals surface area contributed by atoms with Gasteiger partial charge in [-0.25, -0.2) is 0 Å². The fourth-order valence-electron chi connectivity index (χ4n) is 1.99. The van der Waals surface area contributed by atoms with E-state index in [-0.39, 0.29) is 0 Å². The van der Waals surface area contributed by atoms with E-state index in [0.29, 0.717) is 11.8 Å². The predicted octanol–water partition coefficient (Wildman–Crippen LogP) is 2.86. The number of rotatable bonds is 7. The van der Waals surface area contributed by atoms with Crippen molar-refractivity contribution < 1.29 is 4.74 Å². The Bertz CT molecular complexity index is 580. The molecule has 0 aromatic carbocycles. The highest BCUT2D eigenvalue weighted by Gasteiger charge is 2.11. The summed E-state index contributed by atoms with van der Waals surface area (Å²) >= 11 is 6.17. The zero-order chi connectivity index (χ0) is 15.2. The molecule has 0 amide bonds. The summed E-state index contributed by atoms with van der Waals surface area (Å²) in [4.78, 5) is 4.37. The SMILES string of the molecule is CCCNCc1ccc(OCc2c(C)nn(C)c2Cl)cn1. The number of aromatic nitrogens is 3. The van der Waals surface area contributed by atoms with Gasteiger partial charge in [0.2, 0.25) is 0 Å². The monoisotopic (exact) mass is 308 g/mol. The molecule has 5 nitrogen and oxygen atoms in total. The zero-order valence-corrected chi connectivity index (χ0v) is 13.4. The van der Waals surface area contributed by atoms with Crippen LogP contribution < -0.4 is 10.1 Å². The molecule has 0 fully saturated rings. The summed E-state index contributed by atoms with van der Waals surface area (Å²) in [5, 5.41) is 8.19. The Balaban J connectivity index is 1.91. The van der Waals surface area contributed by atoms with Gasteiger partial charge in [-0.15, -0.1) is 0 Å². The van der Waals surface area contributed by atoms with Crippen LogP contribution in [-0.4, -0.2) is 21.3 Å². The fourth-order valence-corrected chi connectivity index (χ4v) is 2.22. The van der Waals surface area contributed by atoms with Crippen molar-refractivity contribution in [3.8, 4) is 5.75 Å². The van der Waals surface area contributed by atoms with E-state index in [2.05, 4.69) is 22.3 Å². The van der Waals surface area contributed by atoms with Crippen LogP contribution in [0.2, 0.25) is 5.15 Å². The quantitative estimate of drug-likeness (QED) is 0.799. The van der Waals surface area contributed by atoms with Crippen LogP contribution in [0, 0.1) is 6.92 Å². The predicted molar refractivity (Wildman–Crippen MR) is 83.5 cm³/mol. The Labute approximate surface area is 130 Å². The average Bonchev–Trinajstić information content (AvgIpc) is 2.72. The minimum absolute atomic E-state index is 0.396. The van der Waals surface area contributed by atoms with Crippen LogP contribution in [0.1, 0.15) is 30.3 Å². The van der Waals surface area contributed by atoms with Crippen LogP contribution in [0.5, 0.6) is 5.75 Å². The molecule has 1 N–H and O–H groups in total. The number of nitrogens with one attached hydrogen (secondary N) is 1. The number of aryl methyl sites for hydroxylation is 2. The van der Waals surface area contributed by atoms with Crippen LogP contribution in [0.25, 0.3) is 0 Å². The molecule has 0 aliphatic rings. The molecule has 2 aromatic heterocycles. The molecule has 0 atom stereocenters. The van der Waals surface area contributed by atoms with E-state index >= 15 is 0 Å². The van der Waals surface area contributed by atoms with Crippen molar-refractivity contribution in [1.82, 2.24) is 20.1 Å². The fraction of sp³-hybridized carbons (Fsp3) is 0.467. The molecule has 0 aliphatic carbocycles. The molecule has 2 aromatic rings. The lowest BCUT2D eigenvalue weighted by atomic mass is 10.3. The van der Waals surface area contributed by atoms with Gasteiger partial charge in [-0.2, -0.15) is 5.10 Å². The van der Waals surface area contributed by atoms with Crippen LogP contribution in [-0.2, 0) is 20.2 Å². The van der Waals surface area contributed by atoms with E-state index in [1.54, 1.807) is 10.9 Å². The molecule has 114 valence electrons. The van der Waals surface area contributed by atoms with Gasteiger partial charge >= 0.3 is 0 Å². The first-order valence-corrected chi connectivity index (χ1v) is 7.46. The molecule has 0 spiro atoms. The van der Waals surface area contributed by atoms with Gasteiger partial charge in [-0.3, -0.25) is 9.67 Å². The first-order chi connectivity index (χ1) is 10.1. The third kappa shape index (κ3) is 4.19. The Morgan fingerprint density at radius 2 is 2.19 bits per heavy atom. The highest BCUT2D eigenvalue weighted by atomic mass is 35.5. The van der Waals surface area contributed by atoms with Crippen molar-refractivity contribution >= 4 is 11.6 Å². The first-order valence-electron chi connectivity index (χ1n) is 7.08. The summed E-state index contributed by atoms with van der Waals surface area (Å²) in [6.07, 6.45) is 2.86. The molecule has 21 heavy (non-hydrogen) atoms. The summed E-state index contributed by atoms with van der Waals surface area (Å²) in [6.45, 7) is 6.24. The molecule has 0 saturated carbocycles. The summed E-state index contributed by atoms with van der Waals surface area (Å²) in [7, 11) is 1.82. The number of hydrogen-bond donors (Lipinski definition) is 1. The lowest BCUT2D eigenvalue weighted by Crippen LogP contribution is -2.14. The van der Waals surface area contributed by atoms with E-state index in [1.165, 1.54) is 0 Å². The molecule has 0 radical (unpaired) electrons. The minimum Gasteiger partial charge on any atom is -0.487 e. The van der Waals surface area contributed by atoms with Gasteiger partial charge in [0.1, 0.15) is 17.5 Å². The lowest BCUT2D eigenvalue weighted by Gasteiger charge is -2.07. The minimum atomic E-state index is 0.396. The van der Waals surface area contributed by atoms with E-state index in [0.717, 1.165) is 42.2 Å². The summed E-state index contributed by atoms with van der Waals surface area (Å²) in [5.41, 5.74) is 2.80. The maximum atomic E-state index is 6.17. The van der Waals surface area contributed by atoms with Crippen LogP contribution >= 0.6 is 11.6 Å². The van der Waals surface area contributed by atoms with Gasteiger partial charge in [-0.1, -0.05) is 18.5 Å². The number of halogens is 1. The topological polar surface area (TPSA) is 52.0 Å². The van der Waals surface area contributed by atoms with Crippen molar-refractivity contribution in [2.24, 2.45) is 7.05 Å². The van der Waals surface area contributed by atoms with E-state index < -0.39 is 0 Å².